The Balaban J connectivity index is 2.34. The molecule has 0 saturated heterocycles. The van der Waals surface area contributed by atoms with Crippen LogP contribution in [0.4, 0.5) is 0 Å². The molecule has 0 radical (unpaired) electrons. The summed E-state index contributed by atoms with van der Waals surface area (Å²) in [4.78, 5) is 4.52. The lowest BCUT2D eigenvalue weighted by Gasteiger charge is -2.10. The standard InChI is InChI=1S/C14H18BrN3O/c1-4-13-16-14(5-2)18(17-13)9-10-8-11(15)6-7-12(10)19-3/h6-8H,4-5,9H2,1-3H3. The second-order valence-electron chi connectivity index (χ2n) is 4.27. The molecule has 1 aromatic carbocycles. The van der Waals surface area contributed by atoms with Gasteiger partial charge in [0.2, 0.25) is 0 Å². The predicted molar refractivity (Wildman–Crippen MR) is 78.6 cm³/mol. The molecule has 0 amide bonds. The normalized spacial score (nSPS) is 10.7. The number of nitrogens with zero attached hydrogens (tertiary/aromatic N) is 3. The van der Waals surface area contributed by atoms with Crippen LogP contribution in [0.2, 0.25) is 0 Å². The number of hydrogen-bond acceptors (Lipinski definition) is 3. The van der Waals surface area contributed by atoms with E-state index in [-0.39, 0.29) is 0 Å². The summed E-state index contributed by atoms with van der Waals surface area (Å²) >= 11 is 3.49. The molecule has 0 saturated carbocycles. The molecule has 0 aliphatic carbocycles. The van der Waals surface area contributed by atoms with E-state index in [1.54, 1.807) is 7.11 Å². The number of ether oxygens (including phenoxy) is 1. The summed E-state index contributed by atoms with van der Waals surface area (Å²) in [5.41, 5.74) is 1.10. The maximum absolute atomic E-state index is 5.40. The van der Waals surface area contributed by atoms with Gasteiger partial charge in [0.25, 0.3) is 0 Å². The molecular weight excluding hydrogens is 306 g/mol. The van der Waals surface area contributed by atoms with Crippen LogP contribution < -0.4 is 4.74 Å². The summed E-state index contributed by atoms with van der Waals surface area (Å²) in [7, 11) is 1.69. The molecule has 0 bridgehead atoms. The van der Waals surface area contributed by atoms with Gasteiger partial charge in [0.05, 0.1) is 13.7 Å². The van der Waals surface area contributed by atoms with E-state index >= 15 is 0 Å². The van der Waals surface area contributed by atoms with Crippen molar-refractivity contribution in [1.29, 1.82) is 0 Å². The van der Waals surface area contributed by atoms with E-state index in [2.05, 4.69) is 45.9 Å². The molecule has 0 unspecified atom stereocenters. The molecule has 19 heavy (non-hydrogen) atoms. The van der Waals surface area contributed by atoms with E-state index in [1.165, 1.54) is 0 Å². The number of rotatable bonds is 5. The van der Waals surface area contributed by atoms with Crippen molar-refractivity contribution in [1.82, 2.24) is 14.8 Å². The quantitative estimate of drug-likeness (QED) is 0.848. The first kappa shape index (κ1) is 14.1. The number of hydrogen-bond donors (Lipinski definition) is 0. The second kappa shape index (κ2) is 6.19. The van der Waals surface area contributed by atoms with E-state index in [9.17, 15) is 0 Å². The first-order valence-electron chi connectivity index (χ1n) is 6.42. The van der Waals surface area contributed by atoms with Crippen molar-refractivity contribution in [2.75, 3.05) is 7.11 Å². The number of aryl methyl sites for hydroxylation is 2. The largest absolute Gasteiger partial charge is 0.496 e. The van der Waals surface area contributed by atoms with Gasteiger partial charge in [0.15, 0.2) is 5.82 Å². The molecule has 5 heteroatoms. The van der Waals surface area contributed by atoms with Gasteiger partial charge in [-0.25, -0.2) is 9.67 Å². The summed E-state index contributed by atoms with van der Waals surface area (Å²) in [5.74, 6) is 2.78. The lowest BCUT2D eigenvalue weighted by molar-refractivity contribution is 0.406. The third kappa shape index (κ3) is 3.15. The Kier molecular flexibility index (Phi) is 4.58. The predicted octanol–water partition coefficient (Wildman–Crippen LogP) is 3.22. The van der Waals surface area contributed by atoms with Gasteiger partial charge in [-0.1, -0.05) is 29.8 Å². The maximum atomic E-state index is 5.40. The summed E-state index contributed by atoms with van der Waals surface area (Å²) in [6.45, 7) is 4.84. The van der Waals surface area contributed by atoms with Crippen LogP contribution in [0, 0.1) is 0 Å². The zero-order chi connectivity index (χ0) is 13.8. The van der Waals surface area contributed by atoms with Crippen molar-refractivity contribution in [2.24, 2.45) is 0 Å². The van der Waals surface area contributed by atoms with Gasteiger partial charge in [0.1, 0.15) is 11.6 Å². The Morgan fingerprint density at radius 3 is 2.68 bits per heavy atom. The average molecular weight is 324 g/mol. The van der Waals surface area contributed by atoms with Crippen LogP contribution in [0.1, 0.15) is 31.1 Å². The van der Waals surface area contributed by atoms with Gasteiger partial charge in [0, 0.05) is 22.9 Å². The minimum atomic E-state index is 0.679. The molecule has 0 N–H and O–H groups in total. The molecule has 0 spiro atoms. The van der Waals surface area contributed by atoms with Gasteiger partial charge >= 0.3 is 0 Å². The highest BCUT2D eigenvalue weighted by molar-refractivity contribution is 9.10. The minimum absolute atomic E-state index is 0.679. The fourth-order valence-corrected chi connectivity index (χ4v) is 2.40. The summed E-state index contributed by atoms with van der Waals surface area (Å²) in [6.07, 6.45) is 1.74. The maximum Gasteiger partial charge on any atom is 0.150 e. The molecule has 2 rings (SSSR count). The van der Waals surface area contributed by atoms with Crippen molar-refractivity contribution in [3.63, 3.8) is 0 Å². The molecule has 1 heterocycles. The van der Waals surface area contributed by atoms with Gasteiger partial charge in [-0.15, -0.1) is 0 Å². The smallest absolute Gasteiger partial charge is 0.150 e. The second-order valence-corrected chi connectivity index (χ2v) is 5.18. The Morgan fingerprint density at radius 2 is 2.05 bits per heavy atom. The van der Waals surface area contributed by atoms with Crippen molar-refractivity contribution >= 4 is 15.9 Å². The zero-order valence-corrected chi connectivity index (χ0v) is 13.1. The Labute approximate surface area is 121 Å². The van der Waals surface area contributed by atoms with Crippen LogP contribution in [-0.2, 0) is 19.4 Å². The monoisotopic (exact) mass is 323 g/mol. The van der Waals surface area contributed by atoms with E-state index < -0.39 is 0 Å². The van der Waals surface area contributed by atoms with E-state index in [0.717, 1.165) is 40.3 Å². The Bertz CT molecular complexity index is 566. The zero-order valence-electron chi connectivity index (χ0n) is 11.5. The topological polar surface area (TPSA) is 39.9 Å². The van der Waals surface area contributed by atoms with Gasteiger partial charge in [-0.3, -0.25) is 0 Å². The lowest BCUT2D eigenvalue weighted by atomic mass is 10.2. The van der Waals surface area contributed by atoms with Gasteiger partial charge in [-0.2, -0.15) is 5.10 Å². The summed E-state index contributed by atoms with van der Waals surface area (Å²) < 4.78 is 8.40. The molecule has 0 atom stereocenters. The van der Waals surface area contributed by atoms with Crippen LogP contribution in [0.25, 0.3) is 0 Å². The van der Waals surface area contributed by atoms with Crippen LogP contribution >= 0.6 is 15.9 Å². The molecular formula is C14H18BrN3O. The number of benzene rings is 1. The van der Waals surface area contributed by atoms with Crippen molar-refractivity contribution in [2.45, 2.75) is 33.2 Å². The van der Waals surface area contributed by atoms with Crippen molar-refractivity contribution in [3.05, 3.63) is 39.9 Å². The third-order valence-electron chi connectivity index (χ3n) is 2.99. The molecule has 0 aliphatic heterocycles. The molecule has 4 nitrogen and oxygen atoms in total. The van der Waals surface area contributed by atoms with Crippen molar-refractivity contribution in [3.8, 4) is 5.75 Å². The summed E-state index contributed by atoms with van der Waals surface area (Å²) in [6, 6.07) is 6.00. The Morgan fingerprint density at radius 1 is 1.26 bits per heavy atom. The van der Waals surface area contributed by atoms with Crippen LogP contribution in [0.15, 0.2) is 22.7 Å². The highest BCUT2D eigenvalue weighted by Gasteiger charge is 2.10. The number of halogens is 1. The molecule has 0 fully saturated rings. The van der Waals surface area contributed by atoms with E-state index in [0.29, 0.717) is 6.54 Å². The molecule has 0 aliphatic rings. The number of aromatic nitrogens is 3. The van der Waals surface area contributed by atoms with Gasteiger partial charge in [-0.05, 0) is 18.2 Å². The summed E-state index contributed by atoms with van der Waals surface area (Å²) in [5, 5.41) is 4.53. The minimum Gasteiger partial charge on any atom is -0.496 e. The molecule has 102 valence electrons. The SMILES string of the molecule is CCc1nc(CC)n(Cc2cc(Br)ccc2OC)n1. The van der Waals surface area contributed by atoms with E-state index in [1.807, 2.05) is 16.8 Å². The molecule has 1 aromatic heterocycles. The van der Waals surface area contributed by atoms with Crippen LogP contribution in [-0.4, -0.2) is 21.9 Å². The van der Waals surface area contributed by atoms with Crippen molar-refractivity contribution < 1.29 is 4.74 Å². The molecule has 2 aromatic rings. The van der Waals surface area contributed by atoms with Gasteiger partial charge < -0.3 is 4.74 Å². The number of methoxy groups -OCH3 is 1. The lowest BCUT2D eigenvalue weighted by Crippen LogP contribution is -2.07. The Hall–Kier alpha value is -1.36. The first-order valence-corrected chi connectivity index (χ1v) is 7.22. The highest BCUT2D eigenvalue weighted by Crippen LogP contribution is 2.24. The fraction of sp³-hybridized carbons (Fsp3) is 0.429. The van der Waals surface area contributed by atoms with E-state index in [4.69, 9.17) is 4.74 Å². The van der Waals surface area contributed by atoms with Crippen LogP contribution in [0.3, 0.4) is 0 Å². The fourth-order valence-electron chi connectivity index (χ4n) is 2.00. The third-order valence-corrected chi connectivity index (χ3v) is 3.48. The average Bonchev–Trinajstić information content (AvgIpc) is 2.81. The highest BCUT2D eigenvalue weighted by atomic mass is 79.9. The first-order chi connectivity index (χ1) is 9.17. The van der Waals surface area contributed by atoms with Crippen LogP contribution in [0.5, 0.6) is 5.75 Å².